The van der Waals surface area contributed by atoms with Crippen LogP contribution < -0.4 is 14.4 Å². The summed E-state index contributed by atoms with van der Waals surface area (Å²) < 4.78 is 32.6. The van der Waals surface area contributed by atoms with Crippen LogP contribution in [0.4, 0.5) is 11.4 Å². The molecule has 1 aromatic carbocycles. The van der Waals surface area contributed by atoms with Crippen LogP contribution in [0.25, 0.3) is 0 Å². The molecule has 7 nitrogen and oxygen atoms in total. The fraction of sp³-hybridized carbons (Fsp3) is 0.333. The van der Waals surface area contributed by atoms with Gasteiger partial charge in [-0.25, -0.2) is 13.4 Å². The molecule has 26 heavy (non-hydrogen) atoms. The quantitative estimate of drug-likeness (QED) is 0.868. The van der Waals surface area contributed by atoms with E-state index in [1.54, 1.807) is 17.0 Å². The van der Waals surface area contributed by atoms with Crippen LogP contribution in [0.15, 0.2) is 41.4 Å². The fourth-order valence-electron chi connectivity index (χ4n) is 2.95. The number of nitrogens with one attached hydrogen (secondary N) is 1. The summed E-state index contributed by atoms with van der Waals surface area (Å²) in [5, 5.41) is 0. The van der Waals surface area contributed by atoms with Crippen molar-refractivity contribution in [2.75, 3.05) is 23.3 Å². The molecule has 2 heterocycles. The van der Waals surface area contributed by atoms with E-state index in [1.807, 2.05) is 13.0 Å². The summed E-state index contributed by atoms with van der Waals surface area (Å²) >= 11 is 0. The maximum absolute atomic E-state index is 12.6. The van der Waals surface area contributed by atoms with Gasteiger partial charge in [-0.15, -0.1) is 0 Å². The largest absolute Gasteiger partial charge is 0.481 e. The molecular formula is C18H21N3O4S. The van der Waals surface area contributed by atoms with Gasteiger partial charge >= 0.3 is 0 Å². The first kappa shape index (κ1) is 18.2. The molecule has 8 heteroatoms. The average Bonchev–Trinajstić information content (AvgIpc) is 2.66. The molecule has 1 aliphatic heterocycles. The smallest absolute Gasteiger partial charge is 0.263 e. The summed E-state index contributed by atoms with van der Waals surface area (Å²) in [4.78, 5) is 17.9. The summed E-state index contributed by atoms with van der Waals surface area (Å²) in [7, 11) is -2.32. The highest BCUT2D eigenvalue weighted by atomic mass is 32.2. The molecule has 0 radical (unpaired) electrons. The second-order valence-electron chi connectivity index (χ2n) is 5.99. The Morgan fingerprint density at radius 3 is 2.77 bits per heavy atom. The Hall–Kier alpha value is -2.61. The number of sulfonamides is 1. The lowest BCUT2D eigenvalue weighted by atomic mass is 10.0. The van der Waals surface area contributed by atoms with Gasteiger partial charge in [0.25, 0.3) is 10.0 Å². The van der Waals surface area contributed by atoms with Gasteiger partial charge in [-0.05, 0) is 36.6 Å². The molecule has 0 atom stereocenters. The monoisotopic (exact) mass is 375 g/mol. The summed E-state index contributed by atoms with van der Waals surface area (Å²) in [5.74, 6) is 0.372. The second-order valence-corrected chi connectivity index (χ2v) is 7.67. The number of methoxy groups -OCH3 is 1. The third-order valence-corrected chi connectivity index (χ3v) is 5.65. The van der Waals surface area contributed by atoms with Crippen molar-refractivity contribution in [3.63, 3.8) is 0 Å². The minimum atomic E-state index is -3.78. The molecular weight excluding hydrogens is 354 g/mol. The molecule has 0 spiro atoms. The Balaban J connectivity index is 1.89. The Morgan fingerprint density at radius 1 is 1.31 bits per heavy atom. The molecule has 1 amide bonds. The summed E-state index contributed by atoms with van der Waals surface area (Å²) in [6.07, 6.45) is 3.43. The highest BCUT2D eigenvalue weighted by molar-refractivity contribution is 7.92. The Bertz CT molecular complexity index is 911. The van der Waals surface area contributed by atoms with E-state index in [-0.39, 0.29) is 10.8 Å². The molecule has 0 saturated heterocycles. The van der Waals surface area contributed by atoms with Crippen molar-refractivity contribution < 1.29 is 17.9 Å². The molecule has 0 unspecified atom stereocenters. The molecule has 0 saturated carbocycles. The number of aryl methyl sites for hydroxylation is 1. The van der Waals surface area contributed by atoms with Gasteiger partial charge in [-0.3, -0.25) is 9.52 Å². The molecule has 1 N–H and O–H groups in total. The van der Waals surface area contributed by atoms with E-state index in [0.29, 0.717) is 24.5 Å². The number of amides is 1. The topological polar surface area (TPSA) is 88.6 Å². The third-order valence-electron chi connectivity index (χ3n) is 4.29. The predicted octanol–water partition coefficient (Wildman–Crippen LogP) is 2.58. The Labute approximate surface area is 153 Å². The first-order valence-electron chi connectivity index (χ1n) is 8.40. The van der Waals surface area contributed by atoms with Gasteiger partial charge in [-0.1, -0.05) is 13.0 Å². The van der Waals surface area contributed by atoms with E-state index in [4.69, 9.17) is 4.74 Å². The normalized spacial score (nSPS) is 13.8. The van der Waals surface area contributed by atoms with Crippen LogP contribution in [0.2, 0.25) is 0 Å². The molecule has 0 aliphatic carbocycles. The van der Waals surface area contributed by atoms with E-state index >= 15 is 0 Å². The van der Waals surface area contributed by atoms with E-state index in [2.05, 4.69) is 9.71 Å². The van der Waals surface area contributed by atoms with Crippen LogP contribution in [0, 0.1) is 0 Å². The molecule has 3 rings (SSSR count). The van der Waals surface area contributed by atoms with Gasteiger partial charge in [0.2, 0.25) is 11.8 Å². The zero-order chi connectivity index (χ0) is 18.7. The van der Waals surface area contributed by atoms with Crippen LogP contribution in [0.3, 0.4) is 0 Å². The number of benzene rings is 1. The number of fused-ring (bicyclic) bond motifs is 1. The first-order valence-corrected chi connectivity index (χ1v) is 9.89. The van der Waals surface area contributed by atoms with Crippen molar-refractivity contribution in [1.29, 1.82) is 0 Å². The first-order chi connectivity index (χ1) is 12.4. The maximum Gasteiger partial charge on any atom is 0.263 e. The predicted molar refractivity (Wildman–Crippen MR) is 99.0 cm³/mol. The number of hydrogen-bond donors (Lipinski definition) is 1. The van der Waals surface area contributed by atoms with Gasteiger partial charge in [0.15, 0.2) is 0 Å². The lowest BCUT2D eigenvalue weighted by Crippen LogP contribution is -2.35. The molecule has 138 valence electrons. The van der Waals surface area contributed by atoms with E-state index in [1.165, 1.54) is 25.4 Å². The van der Waals surface area contributed by atoms with Crippen molar-refractivity contribution >= 4 is 27.3 Å². The van der Waals surface area contributed by atoms with Crippen LogP contribution in [0.1, 0.15) is 25.3 Å². The molecule has 2 aromatic rings. The lowest BCUT2D eigenvalue weighted by Gasteiger charge is -2.29. The zero-order valence-electron chi connectivity index (χ0n) is 14.7. The van der Waals surface area contributed by atoms with Crippen molar-refractivity contribution in [3.05, 3.63) is 42.1 Å². The summed E-state index contributed by atoms with van der Waals surface area (Å²) in [6, 6.07) is 8.22. The van der Waals surface area contributed by atoms with Crippen molar-refractivity contribution in [3.8, 4) is 5.88 Å². The maximum atomic E-state index is 12.6. The van der Waals surface area contributed by atoms with Crippen LogP contribution in [0.5, 0.6) is 5.88 Å². The third kappa shape index (κ3) is 3.65. The highest BCUT2D eigenvalue weighted by Crippen LogP contribution is 2.31. The van der Waals surface area contributed by atoms with Crippen molar-refractivity contribution in [1.82, 2.24) is 4.98 Å². The molecule has 0 bridgehead atoms. The minimum Gasteiger partial charge on any atom is -0.481 e. The van der Waals surface area contributed by atoms with Gasteiger partial charge in [0.1, 0.15) is 4.90 Å². The van der Waals surface area contributed by atoms with Crippen LogP contribution in [-0.2, 0) is 21.2 Å². The summed E-state index contributed by atoms with van der Waals surface area (Å²) in [5.41, 5.74) is 2.23. The van der Waals surface area contributed by atoms with Gasteiger partial charge in [0, 0.05) is 24.7 Å². The lowest BCUT2D eigenvalue weighted by molar-refractivity contribution is -0.118. The van der Waals surface area contributed by atoms with E-state index in [9.17, 15) is 13.2 Å². The van der Waals surface area contributed by atoms with Crippen molar-refractivity contribution in [2.45, 2.75) is 31.1 Å². The van der Waals surface area contributed by atoms with Crippen LogP contribution in [-0.4, -0.2) is 33.0 Å². The number of anilines is 2. The molecule has 1 aliphatic rings. The highest BCUT2D eigenvalue weighted by Gasteiger charge is 2.23. The number of rotatable bonds is 5. The van der Waals surface area contributed by atoms with Crippen LogP contribution >= 0.6 is 0 Å². The SMILES string of the molecule is CCC(=O)N1CCCc2ccc(NS(=O)(=O)c3ccc(OC)nc3)cc21. The molecule has 0 fully saturated rings. The van der Waals surface area contributed by atoms with Crippen molar-refractivity contribution in [2.24, 2.45) is 0 Å². The van der Waals surface area contributed by atoms with E-state index < -0.39 is 10.0 Å². The Kier molecular flexibility index (Phi) is 5.13. The average molecular weight is 375 g/mol. The zero-order valence-corrected chi connectivity index (χ0v) is 15.5. The summed E-state index contributed by atoms with van der Waals surface area (Å²) in [6.45, 7) is 2.47. The minimum absolute atomic E-state index is 0.0327. The number of hydrogen-bond acceptors (Lipinski definition) is 5. The van der Waals surface area contributed by atoms with Gasteiger partial charge < -0.3 is 9.64 Å². The van der Waals surface area contributed by atoms with Gasteiger partial charge in [-0.2, -0.15) is 0 Å². The molecule has 1 aromatic heterocycles. The standard InChI is InChI=1S/C18H21N3O4S/c1-3-18(22)21-10-4-5-13-6-7-14(11-16(13)21)20-26(23,24)15-8-9-17(25-2)19-12-15/h6-9,11-12,20H,3-5,10H2,1-2H3. The number of pyridine rings is 1. The van der Waals surface area contributed by atoms with Gasteiger partial charge in [0.05, 0.1) is 19.0 Å². The van der Waals surface area contributed by atoms with E-state index in [0.717, 1.165) is 24.1 Å². The second kappa shape index (κ2) is 7.33. The number of ether oxygens (including phenoxy) is 1. The Morgan fingerprint density at radius 2 is 2.12 bits per heavy atom. The number of nitrogens with zero attached hydrogens (tertiary/aromatic N) is 2. The number of carbonyl (C=O) groups is 1. The number of aromatic nitrogens is 1. The number of carbonyl (C=O) groups excluding carboxylic acids is 1. The fourth-order valence-corrected chi connectivity index (χ4v) is 3.94.